The molecule has 0 aliphatic rings. The van der Waals surface area contributed by atoms with E-state index >= 15 is 0 Å². The van der Waals surface area contributed by atoms with Crippen LogP contribution in [0.3, 0.4) is 0 Å². The van der Waals surface area contributed by atoms with Gasteiger partial charge >= 0.3 is 0 Å². The van der Waals surface area contributed by atoms with Crippen molar-refractivity contribution >= 4 is 42.0 Å². The van der Waals surface area contributed by atoms with E-state index in [1.807, 2.05) is 48.6 Å². The highest BCUT2D eigenvalue weighted by atomic mass is 127. The second-order valence-electron chi connectivity index (χ2n) is 6.85. The minimum atomic E-state index is -1.44. The van der Waals surface area contributed by atoms with Gasteiger partial charge < -0.3 is 11.5 Å². The molecule has 0 fully saturated rings. The Labute approximate surface area is 163 Å². The molecule has 0 saturated carbocycles. The first-order valence-electron chi connectivity index (χ1n) is 7.70. The molecule has 0 radical (unpaired) electrons. The van der Waals surface area contributed by atoms with E-state index < -0.39 is 8.07 Å². The van der Waals surface area contributed by atoms with Crippen molar-refractivity contribution < 1.29 is 8.78 Å². The van der Waals surface area contributed by atoms with Gasteiger partial charge in [-0.25, -0.2) is 8.78 Å². The Kier molecular flexibility index (Phi) is 7.44. The van der Waals surface area contributed by atoms with Crippen LogP contribution >= 0.6 is 22.6 Å². The fourth-order valence-corrected chi connectivity index (χ4v) is 3.08. The van der Waals surface area contributed by atoms with E-state index in [4.69, 9.17) is 11.5 Å². The third kappa shape index (κ3) is 7.04. The first kappa shape index (κ1) is 21.4. The van der Waals surface area contributed by atoms with Gasteiger partial charge in [-0.3, -0.25) is 0 Å². The van der Waals surface area contributed by atoms with Crippen LogP contribution in [0.5, 0.6) is 0 Å². The second-order valence-corrected chi connectivity index (χ2v) is 12.8. The quantitative estimate of drug-likeness (QED) is 0.238. The molecule has 0 saturated heterocycles. The van der Waals surface area contributed by atoms with Crippen molar-refractivity contribution in [3.63, 3.8) is 0 Å². The molecule has 0 aromatic heterocycles. The smallest absolute Gasteiger partial charge is 0.147 e. The van der Waals surface area contributed by atoms with Gasteiger partial charge in [0, 0.05) is 3.57 Å². The zero-order chi connectivity index (χ0) is 19.4. The summed E-state index contributed by atoms with van der Waals surface area (Å²) >= 11 is 2.01. The number of nitrogen functional groups attached to an aromatic ring is 2. The lowest BCUT2D eigenvalue weighted by molar-refractivity contribution is 0.630. The van der Waals surface area contributed by atoms with Crippen molar-refractivity contribution in [1.29, 1.82) is 0 Å². The molecular formula is C19H23F2IN2Si. The molecule has 0 spiro atoms. The molecule has 2 aromatic carbocycles. The van der Waals surface area contributed by atoms with Crippen LogP contribution in [-0.2, 0) is 0 Å². The van der Waals surface area contributed by atoms with Gasteiger partial charge in [0.2, 0.25) is 0 Å². The molecule has 0 aliphatic heterocycles. The number of hydrogen-bond donors (Lipinski definition) is 2. The van der Waals surface area contributed by atoms with Gasteiger partial charge in [-0.15, -0.1) is 5.54 Å². The minimum Gasteiger partial charge on any atom is -0.395 e. The average Bonchev–Trinajstić information content (AvgIpc) is 2.46. The Balaban J connectivity index is 0.000000271. The fraction of sp³-hybridized carbons (Fsp3) is 0.263. The average molecular weight is 472 g/mol. The maximum Gasteiger partial charge on any atom is 0.147 e. The van der Waals surface area contributed by atoms with Crippen molar-refractivity contribution in [3.8, 4) is 11.5 Å². The predicted molar refractivity (Wildman–Crippen MR) is 114 cm³/mol. The minimum absolute atomic E-state index is 0.159. The summed E-state index contributed by atoms with van der Waals surface area (Å²) in [7, 11) is -1.44. The van der Waals surface area contributed by atoms with E-state index in [0.29, 0.717) is 5.56 Å². The molecule has 2 nitrogen and oxygen atoms in total. The van der Waals surface area contributed by atoms with Crippen LogP contribution in [0.25, 0.3) is 0 Å². The first-order chi connectivity index (χ1) is 11.4. The Hall–Kier alpha value is -1.59. The Bertz CT molecular complexity index is 811. The summed E-state index contributed by atoms with van der Waals surface area (Å²) in [6, 6.07) is 6.52. The van der Waals surface area contributed by atoms with Gasteiger partial charge in [0.1, 0.15) is 19.7 Å². The summed E-state index contributed by atoms with van der Waals surface area (Å²) in [4.78, 5) is 0. The maximum absolute atomic E-state index is 13.3. The summed E-state index contributed by atoms with van der Waals surface area (Å²) in [5, 5.41) is 0. The van der Waals surface area contributed by atoms with Crippen molar-refractivity contribution in [2.75, 3.05) is 11.5 Å². The number of hydrogen-bond acceptors (Lipinski definition) is 2. The molecule has 0 heterocycles. The molecular weight excluding hydrogens is 449 g/mol. The molecule has 0 amide bonds. The Morgan fingerprint density at radius 1 is 0.880 bits per heavy atom. The van der Waals surface area contributed by atoms with Crippen LogP contribution in [0.4, 0.5) is 20.2 Å². The Morgan fingerprint density at radius 2 is 1.36 bits per heavy atom. The molecule has 0 bridgehead atoms. The molecule has 6 heteroatoms. The third-order valence-electron chi connectivity index (χ3n) is 3.07. The van der Waals surface area contributed by atoms with Crippen LogP contribution < -0.4 is 11.5 Å². The van der Waals surface area contributed by atoms with Gasteiger partial charge in [-0.05, 0) is 71.8 Å². The van der Waals surface area contributed by atoms with Crippen LogP contribution in [0.2, 0.25) is 19.6 Å². The lowest BCUT2D eigenvalue weighted by Gasteiger charge is -2.05. The van der Waals surface area contributed by atoms with E-state index in [1.165, 1.54) is 12.1 Å². The normalized spacial score (nSPS) is 10.4. The molecule has 2 rings (SSSR count). The zero-order valence-electron chi connectivity index (χ0n) is 15.1. The molecule has 4 N–H and O–H groups in total. The van der Waals surface area contributed by atoms with Crippen LogP contribution in [0.15, 0.2) is 24.3 Å². The summed E-state index contributed by atoms with van der Waals surface area (Å²) in [6.45, 7) is 10.1. The third-order valence-corrected chi connectivity index (χ3v) is 4.84. The summed E-state index contributed by atoms with van der Waals surface area (Å²) in [6.07, 6.45) is 0. The standard InChI is InChI=1S/C12H16FNSi.C7H7FIN/c1-9-7-10(5-6-15(2,3)4)12(14)11(13)8-9;1-4-2-5(8)7(10)6(9)3-4/h7-8H,14H2,1-4H3;2-3H,10H2,1H3. The SMILES string of the molecule is Cc1cc(F)c(N)c(C#C[Si](C)(C)C)c1.Cc1cc(F)c(N)c(I)c1. The first-order valence-corrected chi connectivity index (χ1v) is 12.3. The molecule has 0 aliphatic carbocycles. The van der Waals surface area contributed by atoms with Crippen LogP contribution in [-0.4, -0.2) is 8.07 Å². The largest absolute Gasteiger partial charge is 0.395 e. The van der Waals surface area contributed by atoms with E-state index in [9.17, 15) is 8.78 Å². The van der Waals surface area contributed by atoms with Gasteiger partial charge in [-0.2, -0.15) is 0 Å². The van der Waals surface area contributed by atoms with Crippen molar-refractivity contribution in [2.24, 2.45) is 0 Å². The monoisotopic (exact) mass is 472 g/mol. The van der Waals surface area contributed by atoms with E-state index in [1.54, 1.807) is 0 Å². The highest BCUT2D eigenvalue weighted by molar-refractivity contribution is 14.1. The number of halogens is 3. The summed E-state index contributed by atoms with van der Waals surface area (Å²) < 4.78 is 26.8. The molecule has 2 aromatic rings. The van der Waals surface area contributed by atoms with Crippen molar-refractivity contribution in [2.45, 2.75) is 33.5 Å². The zero-order valence-corrected chi connectivity index (χ0v) is 18.3. The van der Waals surface area contributed by atoms with Crippen LogP contribution in [0.1, 0.15) is 16.7 Å². The lowest BCUT2D eigenvalue weighted by Crippen LogP contribution is -2.16. The molecule has 25 heavy (non-hydrogen) atoms. The topological polar surface area (TPSA) is 52.0 Å². The predicted octanol–water partition coefficient (Wildman–Crippen LogP) is 5.27. The highest BCUT2D eigenvalue weighted by Gasteiger charge is 2.09. The van der Waals surface area contributed by atoms with Gasteiger partial charge in [0.25, 0.3) is 0 Å². The van der Waals surface area contributed by atoms with E-state index in [0.717, 1.165) is 14.7 Å². The lowest BCUT2D eigenvalue weighted by atomic mass is 10.1. The maximum atomic E-state index is 13.3. The van der Waals surface area contributed by atoms with Gasteiger partial charge in [0.05, 0.1) is 16.9 Å². The Morgan fingerprint density at radius 3 is 1.84 bits per heavy atom. The van der Waals surface area contributed by atoms with Crippen LogP contribution in [0, 0.1) is 40.5 Å². The highest BCUT2D eigenvalue weighted by Crippen LogP contribution is 2.20. The summed E-state index contributed by atoms with van der Waals surface area (Å²) in [5.74, 6) is 2.27. The van der Waals surface area contributed by atoms with Crippen molar-refractivity contribution in [3.05, 3.63) is 56.2 Å². The van der Waals surface area contributed by atoms with E-state index in [2.05, 4.69) is 31.1 Å². The molecule has 134 valence electrons. The molecule has 0 unspecified atom stereocenters. The number of rotatable bonds is 0. The van der Waals surface area contributed by atoms with Crippen molar-refractivity contribution in [1.82, 2.24) is 0 Å². The number of anilines is 2. The number of nitrogens with two attached hydrogens (primary N) is 2. The van der Waals surface area contributed by atoms with Gasteiger partial charge in [-0.1, -0.05) is 25.6 Å². The summed E-state index contributed by atoms with van der Waals surface area (Å²) in [5.41, 5.74) is 16.9. The number of benzene rings is 2. The fourth-order valence-electron chi connectivity index (χ4n) is 1.82. The molecule has 0 atom stereocenters. The van der Waals surface area contributed by atoms with E-state index in [-0.39, 0.29) is 23.0 Å². The number of aryl methyl sites for hydroxylation is 2. The second kappa shape index (κ2) is 8.67. The van der Waals surface area contributed by atoms with Gasteiger partial charge in [0.15, 0.2) is 0 Å².